The summed E-state index contributed by atoms with van der Waals surface area (Å²) in [6.07, 6.45) is 2.68. The number of hydrogen-bond donors (Lipinski definition) is 1. The van der Waals surface area contributed by atoms with Crippen molar-refractivity contribution >= 4 is 11.6 Å². The minimum atomic E-state index is -0.181. The fourth-order valence-electron chi connectivity index (χ4n) is 2.62. The number of nitrogens with one attached hydrogen (secondary N) is 1. The first-order valence-corrected chi connectivity index (χ1v) is 8.07. The molecule has 0 fully saturated rings. The monoisotopic (exact) mass is 314 g/mol. The lowest BCUT2D eigenvalue weighted by molar-refractivity contribution is 0.112. The summed E-state index contributed by atoms with van der Waals surface area (Å²) in [7, 11) is 4.16. The molecule has 0 aliphatic heterocycles. The number of nitrogens with zero attached hydrogens (tertiary/aromatic N) is 1. The van der Waals surface area contributed by atoms with Crippen LogP contribution < -0.4 is 5.32 Å². The van der Waals surface area contributed by atoms with Gasteiger partial charge in [0.2, 0.25) is 0 Å². The highest BCUT2D eigenvalue weighted by atomic mass is 35.5. The molecular formula is C17H28ClFN2. The van der Waals surface area contributed by atoms with Gasteiger partial charge in [0.05, 0.1) is 0 Å². The standard InChI is InChI=1S/C17H28ClFN2/c1-6-10-20-16(17(3,7-2)21(4)5)12-13-11-14(18)8-9-15(13)19/h8-9,11,16,20H,6-7,10,12H2,1-5H3. The molecule has 1 rings (SSSR count). The Kier molecular flexibility index (Phi) is 7.11. The predicted molar refractivity (Wildman–Crippen MR) is 89.6 cm³/mol. The first-order chi connectivity index (χ1) is 9.85. The van der Waals surface area contributed by atoms with Gasteiger partial charge in [0.25, 0.3) is 0 Å². The Morgan fingerprint density at radius 2 is 2.00 bits per heavy atom. The molecule has 0 amide bonds. The van der Waals surface area contributed by atoms with E-state index in [0.29, 0.717) is 17.0 Å². The van der Waals surface area contributed by atoms with Crippen LogP contribution in [0.25, 0.3) is 0 Å². The van der Waals surface area contributed by atoms with Gasteiger partial charge in [-0.2, -0.15) is 0 Å². The summed E-state index contributed by atoms with van der Waals surface area (Å²) in [5.74, 6) is -0.181. The third-order valence-corrected chi connectivity index (χ3v) is 4.80. The van der Waals surface area contributed by atoms with Crippen LogP contribution in [0.1, 0.15) is 39.2 Å². The number of hydrogen-bond acceptors (Lipinski definition) is 2. The van der Waals surface area contributed by atoms with Crippen LogP contribution in [0.5, 0.6) is 0 Å². The molecule has 0 heterocycles. The molecule has 1 aromatic carbocycles. The maximum absolute atomic E-state index is 14.0. The highest BCUT2D eigenvalue weighted by Crippen LogP contribution is 2.26. The highest BCUT2D eigenvalue weighted by molar-refractivity contribution is 6.30. The first-order valence-electron chi connectivity index (χ1n) is 7.69. The van der Waals surface area contributed by atoms with Gasteiger partial charge >= 0.3 is 0 Å². The summed E-state index contributed by atoms with van der Waals surface area (Å²) >= 11 is 6.02. The van der Waals surface area contributed by atoms with Crippen molar-refractivity contribution in [3.8, 4) is 0 Å². The number of halogens is 2. The van der Waals surface area contributed by atoms with Crippen LogP contribution in [-0.4, -0.2) is 37.1 Å². The minimum Gasteiger partial charge on any atom is -0.312 e. The van der Waals surface area contributed by atoms with E-state index in [1.165, 1.54) is 6.07 Å². The number of likely N-dealkylation sites (N-methyl/N-ethyl adjacent to an activating group) is 1. The van der Waals surface area contributed by atoms with Crippen LogP contribution in [0.15, 0.2) is 18.2 Å². The Balaban J connectivity index is 3.05. The maximum Gasteiger partial charge on any atom is 0.126 e. The molecule has 2 atom stereocenters. The summed E-state index contributed by atoms with van der Waals surface area (Å²) in [4.78, 5) is 2.22. The SMILES string of the molecule is CCCNC(Cc1cc(Cl)ccc1F)C(C)(CC)N(C)C. The van der Waals surface area contributed by atoms with E-state index in [1.807, 2.05) is 0 Å². The molecule has 0 saturated heterocycles. The van der Waals surface area contributed by atoms with Crippen molar-refractivity contribution in [3.63, 3.8) is 0 Å². The Labute approximate surface area is 133 Å². The zero-order chi connectivity index (χ0) is 16.0. The second kappa shape index (κ2) is 8.11. The van der Waals surface area contributed by atoms with Crippen LogP contribution in [-0.2, 0) is 6.42 Å². The fourth-order valence-corrected chi connectivity index (χ4v) is 2.82. The largest absolute Gasteiger partial charge is 0.312 e. The molecule has 120 valence electrons. The lowest BCUT2D eigenvalue weighted by atomic mass is 9.84. The van der Waals surface area contributed by atoms with Gasteiger partial charge in [0.1, 0.15) is 5.82 Å². The van der Waals surface area contributed by atoms with Gasteiger partial charge in [0.15, 0.2) is 0 Å². The Morgan fingerprint density at radius 1 is 1.33 bits per heavy atom. The van der Waals surface area contributed by atoms with E-state index >= 15 is 0 Å². The van der Waals surface area contributed by atoms with Crippen LogP contribution in [0.2, 0.25) is 5.02 Å². The quantitative estimate of drug-likeness (QED) is 0.776. The average molecular weight is 315 g/mol. The van der Waals surface area contributed by atoms with Gasteiger partial charge in [-0.1, -0.05) is 25.4 Å². The molecule has 1 N–H and O–H groups in total. The van der Waals surface area contributed by atoms with Crippen molar-refractivity contribution in [2.75, 3.05) is 20.6 Å². The molecule has 0 aromatic heterocycles. The molecule has 2 unspecified atom stereocenters. The minimum absolute atomic E-state index is 0.0378. The van der Waals surface area contributed by atoms with Crippen molar-refractivity contribution in [2.24, 2.45) is 0 Å². The smallest absolute Gasteiger partial charge is 0.126 e. The second-order valence-electron chi connectivity index (χ2n) is 6.05. The van der Waals surface area contributed by atoms with Crippen molar-refractivity contribution in [2.45, 2.75) is 51.6 Å². The van der Waals surface area contributed by atoms with Crippen LogP contribution in [0.4, 0.5) is 4.39 Å². The number of benzene rings is 1. The molecule has 0 saturated carbocycles. The Morgan fingerprint density at radius 3 is 2.52 bits per heavy atom. The van der Waals surface area contributed by atoms with Gasteiger partial charge in [0, 0.05) is 16.6 Å². The van der Waals surface area contributed by atoms with E-state index in [9.17, 15) is 4.39 Å². The van der Waals surface area contributed by atoms with E-state index in [4.69, 9.17) is 11.6 Å². The molecular weight excluding hydrogens is 287 g/mol. The molecule has 1 aromatic rings. The zero-order valence-corrected chi connectivity index (χ0v) is 14.6. The summed E-state index contributed by atoms with van der Waals surface area (Å²) in [5, 5.41) is 4.17. The average Bonchev–Trinajstić information content (AvgIpc) is 2.45. The van der Waals surface area contributed by atoms with Crippen molar-refractivity contribution in [1.29, 1.82) is 0 Å². The van der Waals surface area contributed by atoms with Crippen molar-refractivity contribution in [3.05, 3.63) is 34.6 Å². The summed E-state index contributed by atoms with van der Waals surface area (Å²) in [5.41, 5.74) is 0.641. The van der Waals surface area contributed by atoms with E-state index in [0.717, 1.165) is 19.4 Å². The molecule has 0 radical (unpaired) electrons. The lowest BCUT2D eigenvalue weighted by Crippen LogP contribution is -2.58. The van der Waals surface area contributed by atoms with Crippen LogP contribution in [0.3, 0.4) is 0 Å². The van der Waals surface area contributed by atoms with E-state index in [2.05, 4.69) is 45.1 Å². The van der Waals surface area contributed by atoms with Gasteiger partial charge in [-0.15, -0.1) is 0 Å². The van der Waals surface area contributed by atoms with Gasteiger partial charge < -0.3 is 10.2 Å². The van der Waals surface area contributed by atoms with Crippen molar-refractivity contribution in [1.82, 2.24) is 10.2 Å². The number of rotatable bonds is 8. The van der Waals surface area contributed by atoms with Crippen molar-refractivity contribution < 1.29 is 4.39 Å². The van der Waals surface area contributed by atoms with Crippen LogP contribution in [0, 0.1) is 5.82 Å². The van der Waals surface area contributed by atoms with Gasteiger partial charge in [-0.3, -0.25) is 0 Å². The molecule has 0 aliphatic carbocycles. The summed E-state index contributed by atoms with van der Waals surface area (Å²) in [6.45, 7) is 7.47. The summed E-state index contributed by atoms with van der Waals surface area (Å²) < 4.78 is 14.0. The molecule has 0 aliphatic rings. The molecule has 2 nitrogen and oxygen atoms in total. The topological polar surface area (TPSA) is 15.3 Å². The lowest BCUT2D eigenvalue weighted by Gasteiger charge is -2.43. The molecule has 4 heteroatoms. The maximum atomic E-state index is 14.0. The third-order valence-electron chi connectivity index (χ3n) is 4.56. The zero-order valence-electron chi connectivity index (χ0n) is 13.8. The second-order valence-corrected chi connectivity index (χ2v) is 6.49. The van der Waals surface area contributed by atoms with Gasteiger partial charge in [-0.25, -0.2) is 4.39 Å². The molecule has 21 heavy (non-hydrogen) atoms. The fraction of sp³-hybridized carbons (Fsp3) is 0.647. The third kappa shape index (κ3) is 4.67. The normalized spacial score (nSPS) is 16.0. The van der Waals surface area contributed by atoms with E-state index in [1.54, 1.807) is 12.1 Å². The molecule has 0 spiro atoms. The first kappa shape index (κ1) is 18.4. The highest BCUT2D eigenvalue weighted by Gasteiger charge is 2.34. The van der Waals surface area contributed by atoms with E-state index < -0.39 is 0 Å². The predicted octanol–water partition coefficient (Wildman–Crippen LogP) is 4.12. The van der Waals surface area contributed by atoms with Crippen LogP contribution >= 0.6 is 11.6 Å². The molecule has 0 bridgehead atoms. The van der Waals surface area contributed by atoms with E-state index in [-0.39, 0.29) is 17.4 Å². The summed E-state index contributed by atoms with van der Waals surface area (Å²) in [6, 6.07) is 4.96. The Bertz CT molecular complexity index is 450. The Hall–Kier alpha value is -0.640. The van der Waals surface area contributed by atoms with Gasteiger partial charge in [-0.05, 0) is 70.6 Å².